The maximum atomic E-state index is 13.0. The van der Waals surface area contributed by atoms with E-state index in [1.165, 1.54) is 29.2 Å². The van der Waals surface area contributed by atoms with Crippen LogP contribution in [0, 0.1) is 11.7 Å². The van der Waals surface area contributed by atoms with E-state index in [0.29, 0.717) is 18.4 Å². The Kier molecular flexibility index (Phi) is 5.46. The molecule has 23 heavy (non-hydrogen) atoms. The Balaban J connectivity index is 2.10. The Morgan fingerprint density at radius 1 is 1.26 bits per heavy atom. The highest BCUT2D eigenvalue weighted by molar-refractivity contribution is 5.65. The fraction of sp³-hybridized carbons (Fsp3) is 0.533. The van der Waals surface area contributed by atoms with E-state index in [9.17, 15) is 22.4 Å². The van der Waals surface area contributed by atoms with Gasteiger partial charge in [-0.3, -0.25) is 0 Å². The molecular weight excluding hydrogens is 318 g/mol. The molecule has 2 rings (SSSR count). The maximum Gasteiger partial charge on any atom is 0.411 e. The number of alkyl halides is 3. The first kappa shape index (κ1) is 17.5. The lowest BCUT2D eigenvalue weighted by Gasteiger charge is -2.35. The number of halogens is 4. The highest BCUT2D eigenvalue weighted by Gasteiger charge is 2.34. The Labute approximate surface area is 130 Å². The summed E-state index contributed by atoms with van der Waals surface area (Å²) in [6, 6.07) is 5.15. The summed E-state index contributed by atoms with van der Waals surface area (Å²) in [7, 11) is 0. The summed E-state index contributed by atoms with van der Waals surface area (Å²) in [6.07, 6.45) is -5.55. The number of benzene rings is 1. The molecule has 1 atom stereocenters. The van der Waals surface area contributed by atoms with Crippen LogP contribution in [-0.2, 0) is 4.74 Å². The number of piperidine rings is 1. The second-order valence-electron chi connectivity index (χ2n) is 5.51. The largest absolute Gasteiger partial charge is 0.465 e. The molecule has 1 aromatic rings. The van der Waals surface area contributed by atoms with Crippen LogP contribution in [0.1, 0.15) is 24.5 Å². The van der Waals surface area contributed by atoms with E-state index < -0.39 is 30.8 Å². The van der Waals surface area contributed by atoms with Gasteiger partial charge in [0.15, 0.2) is 0 Å². The van der Waals surface area contributed by atoms with Gasteiger partial charge in [-0.25, -0.2) is 9.18 Å². The van der Waals surface area contributed by atoms with E-state index in [1.54, 1.807) is 0 Å². The Morgan fingerprint density at radius 2 is 1.83 bits per heavy atom. The number of nitrogens with zero attached hydrogens (tertiary/aromatic N) is 1. The molecule has 0 bridgehead atoms. The molecular formula is C15H17F4NO3. The summed E-state index contributed by atoms with van der Waals surface area (Å²) in [6.45, 7) is -0.908. The summed E-state index contributed by atoms with van der Waals surface area (Å²) >= 11 is 0. The molecule has 1 fully saturated rings. The highest BCUT2D eigenvalue weighted by Crippen LogP contribution is 2.35. The van der Waals surface area contributed by atoms with Crippen LogP contribution in [0.5, 0.6) is 0 Å². The van der Waals surface area contributed by atoms with Crippen LogP contribution in [0.15, 0.2) is 24.3 Å². The van der Waals surface area contributed by atoms with Gasteiger partial charge in [-0.2, -0.15) is 13.2 Å². The van der Waals surface area contributed by atoms with Gasteiger partial charge < -0.3 is 14.7 Å². The van der Waals surface area contributed by atoms with E-state index in [0.717, 1.165) is 0 Å². The average Bonchev–Trinajstić information content (AvgIpc) is 2.48. The summed E-state index contributed by atoms with van der Waals surface area (Å²) in [5.74, 6) is -0.734. The second kappa shape index (κ2) is 7.16. The zero-order chi connectivity index (χ0) is 17.0. The van der Waals surface area contributed by atoms with E-state index in [2.05, 4.69) is 0 Å². The van der Waals surface area contributed by atoms with Gasteiger partial charge in [-0.05, 0) is 36.5 Å². The minimum Gasteiger partial charge on any atom is -0.465 e. The highest BCUT2D eigenvalue weighted by atomic mass is 19.4. The molecule has 0 saturated carbocycles. The molecule has 1 saturated heterocycles. The second-order valence-corrected chi connectivity index (χ2v) is 5.51. The molecule has 1 N–H and O–H groups in total. The topological polar surface area (TPSA) is 49.8 Å². The molecule has 1 heterocycles. The van der Waals surface area contributed by atoms with Crippen molar-refractivity contribution in [2.75, 3.05) is 19.7 Å². The zero-order valence-electron chi connectivity index (χ0n) is 12.2. The first-order valence-electron chi connectivity index (χ1n) is 7.18. The first-order valence-corrected chi connectivity index (χ1v) is 7.18. The van der Waals surface area contributed by atoms with Gasteiger partial charge in [0.05, 0.1) is 6.10 Å². The van der Waals surface area contributed by atoms with Gasteiger partial charge in [-0.1, -0.05) is 12.1 Å². The van der Waals surface area contributed by atoms with E-state index in [4.69, 9.17) is 9.84 Å². The van der Waals surface area contributed by atoms with Crippen molar-refractivity contribution in [3.63, 3.8) is 0 Å². The third-order valence-electron chi connectivity index (χ3n) is 3.86. The van der Waals surface area contributed by atoms with Gasteiger partial charge in [0.1, 0.15) is 12.4 Å². The fourth-order valence-electron chi connectivity index (χ4n) is 2.73. The molecule has 0 radical (unpaired) electrons. The third-order valence-corrected chi connectivity index (χ3v) is 3.86. The van der Waals surface area contributed by atoms with Crippen LogP contribution in [0.3, 0.4) is 0 Å². The lowest BCUT2D eigenvalue weighted by Crippen LogP contribution is -2.39. The predicted octanol–water partition coefficient (Wildman–Crippen LogP) is 3.84. The van der Waals surface area contributed by atoms with Crippen LogP contribution >= 0.6 is 0 Å². The molecule has 1 unspecified atom stereocenters. The van der Waals surface area contributed by atoms with Gasteiger partial charge in [0.2, 0.25) is 0 Å². The van der Waals surface area contributed by atoms with Crippen LogP contribution in [-0.4, -0.2) is 42.0 Å². The number of carboxylic acid groups (broad SMARTS) is 1. The fourth-order valence-corrected chi connectivity index (χ4v) is 2.73. The number of likely N-dealkylation sites (tertiary alicyclic amines) is 1. The standard InChI is InChI=1S/C15H17F4NO3/c16-12-3-1-10(2-4-12)13(23-9-15(17,18)19)11-5-7-20(8-6-11)14(21)22/h1-4,11,13H,5-9H2,(H,21,22). The van der Waals surface area contributed by atoms with Crippen molar-refractivity contribution in [1.29, 1.82) is 0 Å². The van der Waals surface area contributed by atoms with E-state index in [1.807, 2.05) is 0 Å². The lowest BCUT2D eigenvalue weighted by atomic mass is 9.87. The van der Waals surface area contributed by atoms with Crippen LogP contribution in [0.2, 0.25) is 0 Å². The summed E-state index contributed by atoms with van der Waals surface area (Å²) in [5.41, 5.74) is 0.462. The number of hydrogen-bond donors (Lipinski definition) is 1. The average molecular weight is 335 g/mol. The number of rotatable bonds is 4. The zero-order valence-corrected chi connectivity index (χ0v) is 12.2. The van der Waals surface area contributed by atoms with Crippen molar-refractivity contribution in [2.24, 2.45) is 5.92 Å². The van der Waals surface area contributed by atoms with Crippen LogP contribution < -0.4 is 0 Å². The molecule has 1 amide bonds. The van der Waals surface area contributed by atoms with Crippen molar-refractivity contribution in [3.05, 3.63) is 35.6 Å². The number of carbonyl (C=O) groups is 1. The van der Waals surface area contributed by atoms with Gasteiger partial charge in [0.25, 0.3) is 0 Å². The molecule has 1 aromatic carbocycles. The maximum absolute atomic E-state index is 13.0. The smallest absolute Gasteiger partial charge is 0.411 e. The molecule has 0 aromatic heterocycles. The normalized spacial score (nSPS) is 18.0. The molecule has 128 valence electrons. The number of amides is 1. The Bertz CT molecular complexity index is 525. The SMILES string of the molecule is O=C(O)N1CCC(C(OCC(F)(F)F)c2ccc(F)cc2)CC1. The van der Waals surface area contributed by atoms with Crippen molar-refractivity contribution in [3.8, 4) is 0 Å². The van der Waals surface area contributed by atoms with Crippen molar-refractivity contribution in [2.45, 2.75) is 25.1 Å². The van der Waals surface area contributed by atoms with E-state index >= 15 is 0 Å². The molecule has 0 aliphatic carbocycles. The third kappa shape index (κ3) is 5.09. The van der Waals surface area contributed by atoms with Crippen molar-refractivity contribution >= 4 is 6.09 Å². The molecule has 8 heteroatoms. The van der Waals surface area contributed by atoms with Crippen molar-refractivity contribution in [1.82, 2.24) is 4.90 Å². The predicted molar refractivity (Wildman–Crippen MR) is 73.5 cm³/mol. The van der Waals surface area contributed by atoms with E-state index in [-0.39, 0.29) is 19.0 Å². The quantitative estimate of drug-likeness (QED) is 0.851. The van der Waals surface area contributed by atoms with Gasteiger partial charge in [-0.15, -0.1) is 0 Å². The summed E-state index contributed by atoms with van der Waals surface area (Å²) in [5, 5.41) is 8.92. The molecule has 0 spiro atoms. The van der Waals surface area contributed by atoms with Crippen LogP contribution in [0.4, 0.5) is 22.4 Å². The van der Waals surface area contributed by atoms with Gasteiger partial charge >= 0.3 is 12.3 Å². The number of hydrogen-bond acceptors (Lipinski definition) is 2. The lowest BCUT2D eigenvalue weighted by molar-refractivity contribution is -0.193. The minimum absolute atomic E-state index is 0.243. The minimum atomic E-state index is -4.46. The molecule has 1 aliphatic rings. The monoisotopic (exact) mass is 335 g/mol. The van der Waals surface area contributed by atoms with Crippen LogP contribution in [0.25, 0.3) is 0 Å². The first-order chi connectivity index (χ1) is 10.8. The number of ether oxygens (including phenoxy) is 1. The molecule has 4 nitrogen and oxygen atoms in total. The Morgan fingerprint density at radius 3 is 2.30 bits per heavy atom. The Hall–Kier alpha value is -1.83. The van der Waals surface area contributed by atoms with Gasteiger partial charge in [0, 0.05) is 13.1 Å². The summed E-state index contributed by atoms with van der Waals surface area (Å²) in [4.78, 5) is 12.1. The van der Waals surface area contributed by atoms with Crippen molar-refractivity contribution < 1.29 is 32.2 Å². The molecule has 1 aliphatic heterocycles. The summed E-state index contributed by atoms with van der Waals surface area (Å²) < 4.78 is 55.4.